The fraction of sp³-hybridized carbons (Fsp3) is 0.250. The first-order chi connectivity index (χ1) is 13.1. The molecule has 1 amide bonds. The third-order valence-corrected chi connectivity index (χ3v) is 4.96. The summed E-state index contributed by atoms with van der Waals surface area (Å²) in [5, 5.41) is 1.18. The number of hydrogen-bond acceptors (Lipinski definition) is 4. The summed E-state index contributed by atoms with van der Waals surface area (Å²) >= 11 is 6.11. The number of carbonyl (C=O) groups excluding carboxylic acids is 1. The summed E-state index contributed by atoms with van der Waals surface area (Å²) in [7, 11) is 0. The summed E-state index contributed by atoms with van der Waals surface area (Å²) < 4.78 is 5.98. The zero-order valence-electron chi connectivity index (χ0n) is 14.5. The number of carbonyl (C=O) groups is 1. The average Bonchev–Trinajstić information content (AvgIpc) is 2.69. The van der Waals surface area contributed by atoms with E-state index in [9.17, 15) is 9.59 Å². The third kappa shape index (κ3) is 3.66. The molecule has 0 saturated carbocycles. The number of ether oxygens (including phenoxy) is 1. The topological polar surface area (TPSA) is 75.3 Å². The molecule has 1 unspecified atom stereocenters. The Morgan fingerprint density at radius 2 is 2.15 bits per heavy atom. The van der Waals surface area contributed by atoms with Gasteiger partial charge in [-0.2, -0.15) is 0 Å². The lowest BCUT2D eigenvalue weighted by Gasteiger charge is -2.33. The minimum absolute atomic E-state index is 0.157. The van der Waals surface area contributed by atoms with E-state index in [-0.39, 0.29) is 17.6 Å². The Morgan fingerprint density at radius 1 is 1.30 bits per heavy atom. The number of aromatic amines is 1. The Labute approximate surface area is 160 Å². The van der Waals surface area contributed by atoms with E-state index in [1.54, 1.807) is 23.2 Å². The van der Waals surface area contributed by atoms with Crippen LogP contribution in [0.3, 0.4) is 0 Å². The number of likely N-dealkylation sites (tertiary alicyclic amines) is 1. The number of benzene rings is 1. The SMILES string of the molecule is O=C(c1cc(=O)[nH]c2ccccc12)N1CCCC(Oc2ccncc2Cl)C1. The van der Waals surface area contributed by atoms with Crippen molar-refractivity contribution in [2.24, 2.45) is 0 Å². The van der Waals surface area contributed by atoms with Gasteiger partial charge < -0.3 is 14.6 Å². The lowest BCUT2D eigenvalue weighted by Crippen LogP contribution is -2.44. The van der Waals surface area contributed by atoms with Crippen molar-refractivity contribution in [3.8, 4) is 5.75 Å². The molecule has 1 aliphatic rings. The van der Waals surface area contributed by atoms with Gasteiger partial charge in [0.15, 0.2) is 0 Å². The summed E-state index contributed by atoms with van der Waals surface area (Å²) in [5.74, 6) is 0.402. The van der Waals surface area contributed by atoms with Crippen LogP contribution >= 0.6 is 11.6 Å². The summed E-state index contributed by atoms with van der Waals surface area (Å²) in [6, 6.07) is 10.4. The summed E-state index contributed by atoms with van der Waals surface area (Å²) in [6.07, 6.45) is 4.65. The second-order valence-electron chi connectivity index (χ2n) is 6.53. The van der Waals surface area contributed by atoms with Crippen LogP contribution in [0.5, 0.6) is 5.75 Å². The van der Waals surface area contributed by atoms with Crippen LogP contribution in [0, 0.1) is 0 Å². The molecular weight excluding hydrogens is 366 g/mol. The monoisotopic (exact) mass is 383 g/mol. The highest BCUT2D eigenvalue weighted by Crippen LogP contribution is 2.26. The molecule has 3 heterocycles. The van der Waals surface area contributed by atoms with Gasteiger partial charge >= 0.3 is 0 Å². The maximum Gasteiger partial charge on any atom is 0.254 e. The molecule has 0 aliphatic carbocycles. The molecule has 0 bridgehead atoms. The van der Waals surface area contributed by atoms with Gasteiger partial charge in [0.05, 0.1) is 12.1 Å². The van der Waals surface area contributed by atoms with Crippen molar-refractivity contribution in [2.75, 3.05) is 13.1 Å². The number of rotatable bonds is 3. The molecule has 1 aromatic carbocycles. The van der Waals surface area contributed by atoms with Crippen molar-refractivity contribution in [3.05, 3.63) is 69.7 Å². The molecule has 1 fully saturated rings. The van der Waals surface area contributed by atoms with Gasteiger partial charge in [0.2, 0.25) is 5.56 Å². The minimum atomic E-state index is -0.287. The second-order valence-corrected chi connectivity index (χ2v) is 6.94. The van der Waals surface area contributed by atoms with Crippen molar-refractivity contribution in [2.45, 2.75) is 18.9 Å². The zero-order chi connectivity index (χ0) is 18.8. The number of nitrogens with one attached hydrogen (secondary N) is 1. The van der Waals surface area contributed by atoms with E-state index in [4.69, 9.17) is 16.3 Å². The smallest absolute Gasteiger partial charge is 0.254 e. The lowest BCUT2D eigenvalue weighted by atomic mass is 10.0. The molecule has 1 N–H and O–H groups in total. The Balaban J connectivity index is 1.58. The van der Waals surface area contributed by atoms with Crippen LogP contribution in [-0.4, -0.2) is 40.0 Å². The maximum absolute atomic E-state index is 13.1. The quantitative estimate of drug-likeness (QED) is 0.753. The van der Waals surface area contributed by atoms with E-state index >= 15 is 0 Å². The number of para-hydroxylation sites is 1. The van der Waals surface area contributed by atoms with E-state index in [0.29, 0.717) is 34.9 Å². The van der Waals surface area contributed by atoms with Crippen LogP contribution in [0.15, 0.2) is 53.6 Å². The maximum atomic E-state index is 13.1. The highest BCUT2D eigenvalue weighted by Gasteiger charge is 2.27. The molecular formula is C20H18ClN3O3. The van der Waals surface area contributed by atoms with Crippen LogP contribution < -0.4 is 10.3 Å². The number of pyridine rings is 2. The van der Waals surface area contributed by atoms with Crippen LogP contribution in [0.4, 0.5) is 0 Å². The molecule has 1 atom stereocenters. The van der Waals surface area contributed by atoms with Gasteiger partial charge in [0, 0.05) is 42.0 Å². The fourth-order valence-corrected chi connectivity index (χ4v) is 3.57. The lowest BCUT2D eigenvalue weighted by molar-refractivity contribution is 0.0539. The van der Waals surface area contributed by atoms with Crippen LogP contribution in [0.25, 0.3) is 10.9 Å². The third-order valence-electron chi connectivity index (χ3n) is 4.68. The molecule has 2 aromatic heterocycles. The summed E-state index contributed by atoms with van der Waals surface area (Å²) in [5.41, 5.74) is 0.782. The van der Waals surface area contributed by atoms with Crippen molar-refractivity contribution < 1.29 is 9.53 Å². The van der Waals surface area contributed by atoms with Crippen LogP contribution in [0.2, 0.25) is 5.02 Å². The summed E-state index contributed by atoms with van der Waals surface area (Å²) in [6.45, 7) is 1.07. The molecule has 0 radical (unpaired) electrons. The molecule has 4 rings (SSSR count). The van der Waals surface area contributed by atoms with Crippen molar-refractivity contribution >= 4 is 28.4 Å². The number of piperidine rings is 1. The molecule has 1 aliphatic heterocycles. The number of H-pyrrole nitrogens is 1. The number of aromatic nitrogens is 2. The zero-order valence-corrected chi connectivity index (χ0v) is 15.3. The number of amides is 1. The van der Waals surface area contributed by atoms with Gasteiger partial charge in [0.1, 0.15) is 16.9 Å². The second kappa shape index (κ2) is 7.40. The predicted molar refractivity (Wildman–Crippen MR) is 103 cm³/mol. The Morgan fingerprint density at radius 3 is 3.00 bits per heavy atom. The van der Waals surface area contributed by atoms with Crippen LogP contribution in [-0.2, 0) is 0 Å². The van der Waals surface area contributed by atoms with Gasteiger partial charge in [-0.3, -0.25) is 14.6 Å². The highest BCUT2D eigenvalue weighted by molar-refractivity contribution is 6.31. The fourth-order valence-electron chi connectivity index (χ4n) is 3.41. The van der Waals surface area contributed by atoms with Gasteiger partial charge in [-0.05, 0) is 18.9 Å². The minimum Gasteiger partial charge on any atom is -0.487 e. The first-order valence-electron chi connectivity index (χ1n) is 8.79. The van der Waals surface area contributed by atoms with Gasteiger partial charge in [-0.15, -0.1) is 0 Å². The Bertz CT molecular complexity index is 1050. The highest BCUT2D eigenvalue weighted by atomic mass is 35.5. The van der Waals surface area contributed by atoms with Crippen molar-refractivity contribution in [1.82, 2.24) is 14.9 Å². The van der Waals surface area contributed by atoms with Gasteiger partial charge in [-0.25, -0.2) is 0 Å². The van der Waals surface area contributed by atoms with Crippen LogP contribution in [0.1, 0.15) is 23.2 Å². The van der Waals surface area contributed by atoms with Gasteiger partial charge in [-0.1, -0.05) is 29.8 Å². The molecule has 1 saturated heterocycles. The molecule has 27 heavy (non-hydrogen) atoms. The normalized spacial score (nSPS) is 17.1. The number of nitrogens with zero attached hydrogens (tertiary/aromatic N) is 2. The van der Waals surface area contributed by atoms with E-state index in [1.165, 1.54) is 12.3 Å². The van der Waals surface area contributed by atoms with E-state index in [0.717, 1.165) is 18.2 Å². The molecule has 3 aromatic rings. The number of halogens is 1. The molecule has 0 spiro atoms. The van der Waals surface area contributed by atoms with Crippen molar-refractivity contribution in [3.63, 3.8) is 0 Å². The molecule has 6 nitrogen and oxygen atoms in total. The first-order valence-corrected chi connectivity index (χ1v) is 9.17. The van der Waals surface area contributed by atoms with E-state index in [2.05, 4.69) is 9.97 Å². The van der Waals surface area contributed by atoms with Gasteiger partial charge in [0.25, 0.3) is 5.91 Å². The molecule has 7 heteroatoms. The van der Waals surface area contributed by atoms with E-state index in [1.807, 2.05) is 18.2 Å². The Kier molecular flexibility index (Phi) is 4.81. The Hall–Kier alpha value is -2.86. The largest absolute Gasteiger partial charge is 0.487 e. The molecule has 138 valence electrons. The van der Waals surface area contributed by atoms with E-state index < -0.39 is 0 Å². The van der Waals surface area contributed by atoms with Crippen molar-refractivity contribution in [1.29, 1.82) is 0 Å². The number of fused-ring (bicyclic) bond motifs is 1. The summed E-state index contributed by atoms with van der Waals surface area (Å²) in [4.78, 5) is 33.5. The average molecular weight is 384 g/mol. The standard InChI is InChI=1S/C20H18ClN3O3/c21-16-11-22-8-7-18(16)27-13-4-3-9-24(12-13)20(26)15-10-19(25)23-17-6-2-1-5-14(15)17/h1-2,5-8,10-11,13H,3-4,9,12H2,(H,23,25). The first kappa shape index (κ1) is 17.5. The number of hydrogen-bond donors (Lipinski definition) is 1. The predicted octanol–water partition coefficient (Wildman–Crippen LogP) is 3.26.